The lowest BCUT2D eigenvalue weighted by Gasteiger charge is -2.10. The van der Waals surface area contributed by atoms with Gasteiger partial charge in [-0.3, -0.25) is 9.48 Å². The number of amides is 1. The van der Waals surface area contributed by atoms with Gasteiger partial charge in [-0.2, -0.15) is 5.10 Å². The van der Waals surface area contributed by atoms with Gasteiger partial charge in [-0.25, -0.2) is 0 Å². The third-order valence-corrected chi connectivity index (χ3v) is 5.67. The number of carbonyl (C=O) groups is 1. The number of aryl methyl sites for hydroxylation is 4. The Hall–Kier alpha value is -2.40. The summed E-state index contributed by atoms with van der Waals surface area (Å²) in [5.41, 5.74) is 6.79. The van der Waals surface area contributed by atoms with Crippen LogP contribution >= 0.6 is 15.9 Å². The monoisotopic (exact) mass is 423 g/mol. The van der Waals surface area contributed by atoms with E-state index in [-0.39, 0.29) is 5.91 Å². The average molecular weight is 424 g/mol. The summed E-state index contributed by atoms with van der Waals surface area (Å²) >= 11 is 3.47. The lowest BCUT2D eigenvalue weighted by Crippen LogP contribution is -2.17. The Balaban J connectivity index is 1.57. The molecular weight excluding hydrogens is 402 g/mol. The number of nitrogens with one attached hydrogen (secondary N) is 1. The van der Waals surface area contributed by atoms with Gasteiger partial charge in [-0.05, 0) is 60.6 Å². The Labute approximate surface area is 167 Å². The van der Waals surface area contributed by atoms with Crippen molar-refractivity contribution in [3.8, 4) is 11.1 Å². The van der Waals surface area contributed by atoms with E-state index in [2.05, 4.69) is 44.5 Å². The van der Waals surface area contributed by atoms with Crippen molar-refractivity contribution < 1.29 is 4.79 Å². The molecule has 27 heavy (non-hydrogen) atoms. The second-order valence-electron chi connectivity index (χ2n) is 7.12. The summed E-state index contributed by atoms with van der Waals surface area (Å²) in [5, 5.41) is 7.59. The fourth-order valence-corrected chi connectivity index (χ4v) is 4.12. The molecule has 1 heterocycles. The van der Waals surface area contributed by atoms with Gasteiger partial charge in [0.25, 0.3) is 0 Å². The van der Waals surface area contributed by atoms with Gasteiger partial charge in [0.1, 0.15) is 5.82 Å². The molecule has 0 bridgehead atoms. The Morgan fingerprint density at radius 2 is 1.89 bits per heavy atom. The van der Waals surface area contributed by atoms with E-state index in [0.29, 0.717) is 6.42 Å². The molecule has 1 aliphatic carbocycles. The van der Waals surface area contributed by atoms with Gasteiger partial charge in [0.05, 0.1) is 12.1 Å². The first kappa shape index (κ1) is 18.0. The molecule has 0 spiro atoms. The first-order valence-corrected chi connectivity index (χ1v) is 10.0. The van der Waals surface area contributed by atoms with Crippen LogP contribution in [0, 0.1) is 6.92 Å². The first-order chi connectivity index (χ1) is 13.0. The molecule has 0 saturated carbocycles. The summed E-state index contributed by atoms with van der Waals surface area (Å²) in [6.07, 6.45) is 3.87. The molecular formula is C22H22BrN3O. The van der Waals surface area contributed by atoms with E-state index in [1.807, 2.05) is 38.2 Å². The molecule has 1 N–H and O–H groups in total. The van der Waals surface area contributed by atoms with Crippen molar-refractivity contribution in [2.75, 3.05) is 5.32 Å². The summed E-state index contributed by atoms with van der Waals surface area (Å²) in [6.45, 7) is 1.97. The summed E-state index contributed by atoms with van der Waals surface area (Å²) in [6, 6.07) is 14.5. The minimum absolute atomic E-state index is 0.0192. The van der Waals surface area contributed by atoms with Crippen LogP contribution in [0.1, 0.15) is 28.8 Å². The highest BCUT2D eigenvalue weighted by Crippen LogP contribution is 2.32. The van der Waals surface area contributed by atoms with Crippen LogP contribution in [0.3, 0.4) is 0 Å². The van der Waals surface area contributed by atoms with Crippen molar-refractivity contribution in [3.05, 3.63) is 69.3 Å². The van der Waals surface area contributed by atoms with Gasteiger partial charge in [-0.15, -0.1) is 0 Å². The van der Waals surface area contributed by atoms with Gasteiger partial charge in [0.2, 0.25) is 5.91 Å². The third kappa shape index (κ3) is 3.69. The number of hydrogen-bond acceptors (Lipinski definition) is 2. The average Bonchev–Trinajstić information content (AvgIpc) is 3.20. The molecule has 0 saturated heterocycles. The summed E-state index contributed by atoms with van der Waals surface area (Å²) in [4.78, 5) is 12.7. The number of hydrogen-bond donors (Lipinski definition) is 1. The molecule has 5 heteroatoms. The van der Waals surface area contributed by atoms with E-state index in [1.54, 1.807) is 4.68 Å². The Morgan fingerprint density at radius 1 is 1.15 bits per heavy atom. The smallest absolute Gasteiger partial charge is 0.229 e. The van der Waals surface area contributed by atoms with Crippen LogP contribution < -0.4 is 5.32 Å². The highest BCUT2D eigenvalue weighted by molar-refractivity contribution is 9.10. The van der Waals surface area contributed by atoms with Crippen molar-refractivity contribution in [1.82, 2.24) is 9.78 Å². The fraction of sp³-hybridized carbons (Fsp3) is 0.273. The van der Waals surface area contributed by atoms with Crippen LogP contribution in [0.25, 0.3) is 11.1 Å². The second kappa shape index (κ2) is 7.31. The quantitative estimate of drug-likeness (QED) is 0.652. The van der Waals surface area contributed by atoms with Gasteiger partial charge in [0, 0.05) is 17.1 Å². The van der Waals surface area contributed by atoms with Crippen molar-refractivity contribution in [1.29, 1.82) is 0 Å². The molecule has 4 rings (SSSR count). The highest BCUT2D eigenvalue weighted by Gasteiger charge is 2.18. The van der Waals surface area contributed by atoms with Gasteiger partial charge >= 0.3 is 0 Å². The Kier molecular flexibility index (Phi) is 4.87. The molecule has 138 valence electrons. The lowest BCUT2D eigenvalue weighted by atomic mass is 10.0. The second-order valence-corrected chi connectivity index (χ2v) is 8.04. The SMILES string of the molecule is Cc1nn(C)c(NC(=O)Cc2ccc3c(c2)CCC3)c1-c1ccc(Br)cc1. The summed E-state index contributed by atoms with van der Waals surface area (Å²) in [5.74, 6) is 0.718. The molecule has 2 aromatic carbocycles. The third-order valence-electron chi connectivity index (χ3n) is 5.14. The molecule has 0 aliphatic heterocycles. The molecule has 0 unspecified atom stereocenters. The number of nitrogens with zero attached hydrogens (tertiary/aromatic N) is 2. The zero-order valence-electron chi connectivity index (χ0n) is 15.6. The molecule has 4 nitrogen and oxygen atoms in total. The fourth-order valence-electron chi connectivity index (χ4n) is 3.86. The lowest BCUT2D eigenvalue weighted by molar-refractivity contribution is -0.115. The maximum atomic E-state index is 12.7. The number of rotatable bonds is 4. The Bertz CT molecular complexity index is 1010. The largest absolute Gasteiger partial charge is 0.310 e. The van der Waals surface area contributed by atoms with Crippen LogP contribution in [0.15, 0.2) is 46.9 Å². The van der Waals surface area contributed by atoms with Crippen LogP contribution in [-0.4, -0.2) is 15.7 Å². The highest BCUT2D eigenvalue weighted by atomic mass is 79.9. The minimum Gasteiger partial charge on any atom is -0.310 e. The van der Waals surface area contributed by atoms with Crippen molar-refractivity contribution >= 4 is 27.7 Å². The topological polar surface area (TPSA) is 46.9 Å². The number of fused-ring (bicyclic) bond motifs is 1. The molecule has 3 aromatic rings. The molecule has 1 aliphatic rings. The summed E-state index contributed by atoms with van der Waals surface area (Å²) in [7, 11) is 1.86. The molecule has 1 aromatic heterocycles. The van der Waals surface area contributed by atoms with Gasteiger partial charge in [-0.1, -0.05) is 46.3 Å². The minimum atomic E-state index is -0.0192. The van der Waals surface area contributed by atoms with Crippen LogP contribution in [0.4, 0.5) is 5.82 Å². The van der Waals surface area contributed by atoms with Crippen molar-refractivity contribution in [2.24, 2.45) is 7.05 Å². The zero-order chi connectivity index (χ0) is 19.0. The molecule has 0 atom stereocenters. The molecule has 0 radical (unpaired) electrons. The maximum absolute atomic E-state index is 12.7. The Morgan fingerprint density at radius 3 is 2.67 bits per heavy atom. The predicted octanol–water partition coefficient (Wildman–Crippen LogP) is 4.83. The van der Waals surface area contributed by atoms with E-state index in [0.717, 1.165) is 45.5 Å². The first-order valence-electron chi connectivity index (χ1n) is 9.21. The van der Waals surface area contributed by atoms with E-state index >= 15 is 0 Å². The number of benzene rings is 2. The molecule has 1 amide bonds. The van der Waals surface area contributed by atoms with Crippen LogP contribution in [0.2, 0.25) is 0 Å². The zero-order valence-corrected chi connectivity index (χ0v) is 17.1. The normalized spacial score (nSPS) is 12.9. The number of carbonyl (C=O) groups excluding carboxylic acids is 1. The maximum Gasteiger partial charge on any atom is 0.229 e. The van der Waals surface area contributed by atoms with E-state index in [9.17, 15) is 4.79 Å². The van der Waals surface area contributed by atoms with Crippen molar-refractivity contribution in [2.45, 2.75) is 32.6 Å². The standard InChI is InChI=1S/C22H22BrN3O/c1-14-21(17-8-10-19(23)11-9-17)22(26(2)25-14)24-20(27)13-15-6-7-16-4-3-5-18(16)12-15/h6-12H,3-5,13H2,1-2H3,(H,24,27). The number of anilines is 1. The van der Waals surface area contributed by atoms with E-state index in [1.165, 1.54) is 17.5 Å². The number of halogens is 1. The van der Waals surface area contributed by atoms with Gasteiger partial charge in [0.15, 0.2) is 0 Å². The van der Waals surface area contributed by atoms with Crippen LogP contribution in [0.5, 0.6) is 0 Å². The predicted molar refractivity (Wildman–Crippen MR) is 112 cm³/mol. The van der Waals surface area contributed by atoms with Gasteiger partial charge < -0.3 is 5.32 Å². The van der Waals surface area contributed by atoms with Crippen LogP contribution in [-0.2, 0) is 31.1 Å². The summed E-state index contributed by atoms with van der Waals surface area (Å²) < 4.78 is 2.77. The van der Waals surface area contributed by atoms with E-state index in [4.69, 9.17) is 0 Å². The molecule has 0 fully saturated rings. The van der Waals surface area contributed by atoms with Crippen molar-refractivity contribution in [3.63, 3.8) is 0 Å². The number of aromatic nitrogens is 2. The van der Waals surface area contributed by atoms with E-state index < -0.39 is 0 Å².